The van der Waals surface area contributed by atoms with Crippen molar-refractivity contribution in [3.05, 3.63) is 57.8 Å². The minimum atomic E-state index is -1.69. The summed E-state index contributed by atoms with van der Waals surface area (Å²) in [5.74, 6) is -5.44. The molecule has 2 rings (SSSR count). The number of hydrogen-bond donors (Lipinski definition) is 2. The van der Waals surface area contributed by atoms with Crippen LogP contribution in [0.3, 0.4) is 0 Å². The molecule has 5 nitrogen and oxygen atoms in total. The molecule has 1 amide bonds. The van der Waals surface area contributed by atoms with Gasteiger partial charge >= 0.3 is 0 Å². The predicted molar refractivity (Wildman–Crippen MR) is 59.1 cm³/mol. The Hall–Kier alpha value is -2.64. The van der Waals surface area contributed by atoms with E-state index >= 15 is 0 Å². The van der Waals surface area contributed by atoms with Crippen molar-refractivity contribution in [3.8, 4) is 0 Å². The third-order valence-electron chi connectivity index (χ3n) is 2.20. The number of amides is 1. The van der Waals surface area contributed by atoms with Crippen LogP contribution in [0.15, 0.2) is 29.1 Å². The highest BCUT2D eigenvalue weighted by molar-refractivity contribution is 6.02. The van der Waals surface area contributed by atoms with Gasteiger partial charge in [-0.15, -0.1) is 0 Å². The number of carbonyl (C=O) groups is 1. The molecule has 0 fully saturated rings. The molecule has 1 aromatic heterocycles. The molecule has 1 aromatic carbocycles. The number of nitrogens with zero attached hydrogens (tertiary/aromatic N) is 1. The SMILES string of the molecule is O=C(Nc1ccc(F)c(F)c1F)c1ccc(=O)[nH]n1. The van der Waals surface area contributed by atoms with Crippen molar-refractivity contribution in [2.24, 2.45) is 0 Å². The summed E-state index contributed by atoms with van der Waals surface area (Å²) in [4.78, 5) is 22.3. The summed E-state index contributed by atoms with van der Waals surface area (Å²) in [6.07, 6.45) is 0. The van der Waals surface area contributed by atoms with Gasteiger partial charge in [0.2, 0.25) is 0 Å². The zero-order chi connectivity index (χ0) is 14.0. The molecule has 0 radical (unpaired) electrons. The van der Waals surface area contributed by atoms with Crippen LogP contribution in [0.5, 0.6) is 0 Å². The van der Waals surface area contributed by atoms with Crippen LogP contribution in [0.25, 0.3) is 0 Å². The van der Waals surface area contributed by atoms with Crippen LogP contribution in [-0.4, -0.2) is 16.1 Å². The number of aromatic amines is 1. The molecule has 0 saturated carbocycles. The lowest BCUT2D eigenvalue weighted by molar-refractivity contribution is 0.102. The molecule has 98 valence electrons. The number of anilines is 1. The van der Waals surface area contributed by atoms with Gasteiger partial charge in [-0.1, -0.05) is 0 Å². The van der Waals surface area contributed by atoms with Crippen LogP contribution < -0.4 is 10.9 Å². The molecule has 0 unspecified atom stereocenters. The van der Waals surface area contributed by atoms with E-state index in [-0.39, 0.29) is 5.69 Å². The second kappa shape index (κ2) is 4.92. The van der Waals surface area contributed by atoms with E-state index in [1.54, 1.807) is 0 Å². The molecule has 0 atom stereocenters. The topological polar surface area (TPSA) is 74.8 Å². The fourth-order valence-electron chi connectivity index (χ4n) is 1.28. The van der Waals surface area contributed by atoms with E-state index in [4.69, 9.17) is 0 Å². The molecule has 1 heterocycles. The Bertz CT molecular complexity index is 680. The maximum absolute atomic E-state index is 13.3. The Morgan fingerprint density at radius 2 is 1.84 bits per heavy atom. The molecule has 0 spiro atoms. The number of rotatable bonds is 2. The summed E-state index contributed by atoms with van der Waals surface area (Å²) >= 11 is 0. The Kier molecular flexibility index (Phi) is 3.32. The Morgan fingerprint density at radius 3 is 2.47 bits per heavy atom. The molecule has 0 aliphatic rings. The van der Waals surface area contributed by atoms with E-state index < -0.39 is 34.6 Å². The summed E-state index contributed by atoms with van der Waals surface area (Å²) < 4.78 is 38.9. The first-order valence-electron chi connectivity index (χ1n) is 4.99. The molecule has 8 heteroatoms. The van der Waals surface area contributed by atoms with Crippen LogP contribution in [-0.2, 0) is 0 Å². The zero-order valence-corrected chi connectivity index (χ0v) is 9.21. The molecular weight excluding hydrogens is 263 g/mol. The van der Waals surface area contributed by atoms with Crippen molar-refractivity contribution in [3.63, 3.8) is 0 Å². The molecule has 0 aliphatic carbocycles. The number of benzene rings is 1. The van der Waals surface area contributed by atoms with Gasteiger partial charge in [-0.2, -0.15) is 5.10 Å². The summed E-state index contributed by atoms with van der Waals surface area (Å²) in [6.45, 7) is 0. The summed E-state index contributed by atoms with van der Waals surface area (Å²) in [5.41, 5.74) is -1.25. The normalized spacial score (nSPS) is 10.3. The predicted octanol–water partition coefficient (Wildman–Crippen LogP) is 1.44. The van der Waals surface area contributed by atoms with E-state index in [1.807, 2.05) is 10.4 Å². The number of carbonyl (C=O) groups excluding carboxylic acids is 1. The van der Waals surface area contributed by atoms with Crippen LogP contribution in [0.2, 0.25) is 0 Å². The Balaban J connectivity index is 2.27. The number of aromatic nitrogens is 2. The fraction of sp³-hybridized carbons (Fsp3) is 0. The van der Waals surface area contributed by atoms with E-state index in [1.165, 1.54) is 0 Å². The van der Waals surface area contributed by atoms with Gasteiger partial charge in [-0.25, -0.2) is 18.3 Å². The van der Waals surface area contributed by atoms with Crippen LogP contribution in [0.1, 0.15) is 10.5 Å². The van der Waals surface area contributed by atoms with Crippen molar-refractivity contribution in [2.75, 3.05) is 5.32 Å². The third kappa shape index (κ3) is 2.62. The van der Waals surface area contributed by atoms with Gasteiger partial charge in [0.15, 0.2) is 17.5 Å². The zero-order valence-electron chi connectivity index (χ0n) is 9.21. The van der Waals surface area contributed by atoms with Crippen molar-refractivity contribution in [1.82, 2.24) is 10.2 Å². The average Bonchev–Trinajstić information content (AvgIpc) is 2.40. The smallest absolute Gasteiger partial charge is 0.276 e. The lowest BCUT2D eigenvalue weighted by Gasteiger charge is -2.06. The van der Waals surface area contributed by atoms with Crippen LogP contribution >= 0.6 is 0 Å². The highest BCUT2D eigenvalue weighted by Gasteiger charge is 2.16. The lowest BCUT2D eigenvalue weighted by Crippen LogP contribution is -2.18. The lowest BCUT2D eigenvalue weighted by atomic mass is 10.2. The first kappa shape index (κ1) is 12.8. The maximum Gasteiger partial charge on any atom is 0.276 e. The second-order valence-electron chi connectivity index (χ2n) is 3.48. The van der Waals surface area contributed by atoms with Gasteiger partial charge in [-0.3, -0.25) is 9.59 Å². The van der Waals surface area contributed by atoms with E-state index in [0.29, 0.717) is 6.07 Å². The van der Waals surface area contributed by atoms with Gasteiger partial charge in [0.05, 0.1) is 5.69 Å². The van der Waals surface area contributed by atoms with E-state index in [2.05, 4.69) is 5.10 Å². The molecule has 0 saturated heterocycles. The van der Waals surface area contributed by atoms with Crippen molar-refractivity contribution >= 4 is 11.6 Å². The Labute approximate surface area is 104 Å². The summed E-state index contributed by atoms with van der Waals surface area (Å²) in [6, 6.07) is 3.70. The van der Waals surface area contributed by atoms with Crippen molar-refractivity contribution < 1.29 is 18.0 Å². The average molecular weight is 269 g/mol. The maximum atomic E-state index is 13.3. The fourth-order valence-corrected chi connectivity index (χ4v) is 1.28. The first-order valence-corrected chi connectivity index (χ1v) is 4.99. The van der Waals surface area contributed by atoms with E-state index in [9.17, 15) is 22.8 Å². The summed E-state index contributed by atoms with van der Waals surface area (Å²) in [7, 11) is 0. The second-order valence-corrected chi connectivity index (χ2v) is 3.48. The molecule has 2 aromatic rings. The highest BCUT2D eigenvalue weighted by atomic mass is 19.2. The monoisotopic (exact) mass is 269 g/mol. The highest BCUT2D eigenvalue weighted by Crippen LogP contribution is 2.19. The summed E-state index contributed by atoms with van der Waals surface area (Å²) in [5, 5.41) is 7.42. The molecule has 19 heavy (non-hydrogen) atoms. The van der Waals surface area contributed by atoms with Crippen LogP contribution in [0.4, 0.5) is 18.9 Å². The number of nitrogens with one attached hydrogen (secondary N) is 2. The van der Waals surface area contributed by atoms with Gasteiger partial charge in [0, 0.05) is 6.07 Å². The minimum absolute atomic E-state index is 0.205. The van der Waals surface area contributed by atoms with Gasteiger partial charge in [0.1, 0.15) is 5.69 Å². The van der Waals surface area contributed by atoms with Crippen molar-refractivity contribution in [2.45, 2.75) is 0 Å². The van der Waals surface area contributed by atoms with Gasteiger partial charge < -0.3 is 5.32 Å². The van der Waals surface area contributed by atoms with Crippen LogP contribution in [0, 0.1) is 17.5 Å². The molecule has 0 bridgehead atoms. The largest absolute Gasteiger partial charge is 0.318 e. The number of hydrogen-bond acceptors (Lipinski definition) is 3. The van der Waals surface area contributed by atoms with Crippen molar-refractivity contribution in [1.29, 1.82) is 0 Å². The third-order valence-corrected chi connectivity index (χ3v) is 2.20. The molecular formula is C11H6F3N3O2. The quantitative estimate of drug-likeness (QED) is 0.810. The number of halogens is 3. The Morgan fingerprint density at radius 1 is 1.11 bits per heavy atom. The standard InChI is InChI=1S/C11H6F3N3O2/c12-5-1-2-6(10(14)9(5)13)15-11(19)7-3-4-8(18)17-16-7/h1-4H,(H,15,19)(H,17,18). The van der Waals surface area contributed by atoms with Gasteiger partial charge in [-0.05, 0) is 18.2 Å². The minimum Gasteiger partial charge on any atom is -0.318 e. The number of H-pyrrole nitrogens is 1. The van der Waals surface area contributed by atoms with Gasteiger partial charge in [0.25, 0.3) is 11.5 Å². The molecule has 2 N–H and O–H groups in total. The molecule has 0 aliphatic heterocycles. The first-order chi connectivity index (χ1) is 8.99. The van der Waals surface area contributed by atoms with E-state index in [0.717, 1.165) is 18.2 Å².